The molecule has 1 saturated heterocycles. The molecule has 4 aromatic rings. The number of carbonyl (C=O) groups excluding carboxylic acids is 1. The predicted octanol–water partition coefficient (Wildman–Crippen LogP) is 11.2. The zero-order valence-electron chi connectivity index (χ0n) is 33.1. The average Bonchev–Trinajstić information content (AvgIpc) is 3.71. The Bertz CT molecular complexity index is 2030. The van der Waals surface area contributed by atoms with E-state index in [2.05, 4.69) is 113 Å². The number of hydrogen-bond acceptors (Lipinski definition) is 7. The Kier molecular flexibility index (Phi) is 18.5. The van der Waals surface area contributed by atoms with Crippen LogP contribution >= 0.6 is 11.3 Å². The van der Waals surface area contributed by atoms with Gasteiger partial charge in [-0.25, -0.2) is 0 Å². The number of anilines is 1. The quantitative estimate of drug-likeness (QED) is 0.0425. The normalized spacial score (nSPS) is 14.4. The number of piperazine rings is 1. The molecule has 0 unspecified atom stereocenters. The molecule has 1 aliphatic heterocycles. The molecule has 8 heteroatoms. The largest absolute Gasteiger partial charge is 0.494 e. The molecule has 1 fully saturated rings. The molecule has 0 N–H and O–H groups in total. The van der Waals surface area contributed by atoms with Crippen molar-refractivity contribution in [2.75, 3.05) is 44.2 Å². The fraction of sp³-hybridized carbons (Fsp3) is 0.375. The summed E-state index contributed by atoms with van der Waals surface area (Å²) in [5.74, 6) is 0.374. The molecule has 0 radical (unpaired) electrons. The second kappa shape index (κ2) is 24.6. The molecular weight excluding hydrogens is 715 g/mol. The first-order chi connectivity index (χ1) is 27.6. The van der Waals surface area contributed by atoms with Gasteiger partial charge in [-0.2, -0.15) is 0 Å². The highest BCUT2D eigenvalue weighted by Crippen LogP contribution is 2.31. The van der Waals surface area contributed by atoms with Gasteiger partial charge in [0.1, 0.15) is 5.75 Å². The van der Waals surface area contributed by atoms with Crippen LogP contribution in [0.5, 0.6) is 5.75 Å². The zero-order chi connectivity index (χ0) is 39.0. The smallest absolute Gasteiger partial charge is 0.307 e. The van der Waals surface area contributed by atoms with Crippen LogP contribution in [0.3, 0.4) is 0 Å². The van der Waals surface area contributed by atoms with Crippen molar-refractivity contribution in [2.45, 2.75) is 77.9 Å². The number of allylic oxidation sites excluding steroid dienone is 12. The molecule has 0 spiro atoms. The van der Waals surface area contributed by atoms with Gasteiger partial charge >= 0.3 is 5.97 Å². The third-order valence-electron chi connectivity index (χ3n) is 9.75. The summed E-state index contributed by atoms with van der Waals surface area (Å²) in [7, 11) is 0. The molecular formula is C48H59N3O4S. The summed E-state index contributed by atoms with van der Waals surface area (Å²) >= 11 is 1.80. The van der Waals surface area contributed by atoms with Crippen LogP contribution in [0.1, 0.15) is 71.1 Å². The van der Waals surface area contributed by atoms with Crippen molar-refractivity contribution in [1.29, 1.82) is 0 Å². The summed E-state index contributed by atoms with van der Waals surface area (Å²) in [6.45, 7) is 7.91. The van der Waals surface area contributed by atoms with Crippen molar-refractivity contribution < 1.29 is 14.3 Å². The fourth-order valence-electron chi connectivity index (χ4n) is 6.63. The Morgan fingerprint density at radius 3 is 2.11 bits per heavy atom. The molecule has 296 valence electrons. The van der Waals surface area contributed by atoms with Gasteiger partial charge < -0.3 is 14.4 Å². The van der Waals surface area contributed by atoms with Crippen molar-refractivity contribution in [3.63, 3.8) is 0 Å². The van der Waals surface area contributed by atoms with E-state index in [1.165, 1.54) is 26.4 Å². The number of hydrogen-bond donors (Lipinski definition) is 0. The number of ether oxygens (including phenoxy) is 2. The van der Waals surface area contributed by atoms with E-state index in [4.69, 9.17) is 9.47 Å². The molecule has 7 nitrogen and oxygen atoms in total. The summed E-state index contributed by atoms with van der Waals surface area (Å²) in [6.07, 6.45) is 34.6. The van der Waals surface area contributed by atoms with Gasteiger partial charge in [0.25, 0.3) is 5.56 Å². The Morgan fingerprint density at radius 2 is 1.41 bits per heavy atom. The van der Waals surface area contributed by atoms with Crippen LogP contribution in [0.4, 0.5) is 5.69 Å². The number of benzene rings is 2. The van der Waals surface area contributed by atoms with Crippen LogP contribution in [0.2, 0.25) is 0 Å². The van der Waals surface area contributed by atoms with Crippen LogP contribution in [0.15, 0.2) is 138 Å². The predicted molar refractivity (Wildman–Crippen MR) is 237 cm³/mol. The first kappa shape index (κ1) is 42.2. The SMILES string of the molecule is CC/C=C\C/C=C\C/C=C\C/C=C\C/C=C\C/C=C\CCC(=O)OCn1c(=O)ccc2ccc(OCCCCN3CCN(c4cccc5sccc45)CC3)cc21. The zero-order valence-corrected chi connectivity index (χ0v) is 33.9. The second-order valence-electron chi connectivity index (χ2n) is 13.9. The molecule has 2 aromatic carbocycles. The summed E-state index contributed by atoms with van der Waals surface area (Å²) in [5, 5.41) is 4.43. The van der Waals surface area contributed by atoms with Gasteiger partial charge in [0.15, 0.2) is 6.73 Å². The standard InChI is InChI=1S/C48H59N3O4S/c1-2-3-4-5-6-7-8-9-10-11-12-13-14-15-16-17-18-19-20-26-48(53)55-40-51-45-39-42(29-27-41(45)28-30-47(51)52)54-37-22-21-32-49-33-35-50(36-34-49)44-24-23-25-46-43(44)31-38-56-46/h3-4,6-7,9-10,12-13,15-16,18-19,23-25,27-31,38-39H,2,5,8,11,14,17,20-22,26,32-37,40H2,1H3/b4-3-,7-6-,10-9-,13-12-,16-15-,19-18-. The average molecular weight is 774 g/mol. The van der Waals surface area contributed by atoms with E-state index in [-0.39, 0.29) is 24.7 Å². The number of nitrogens with zero attached hydrogens (tertiary/aromatic N) is 3. The number of rotatable bonds is 23. The maximum atomic E-state index is 12.8. The van der Waals surface area contributed by atoms with E-state index in [0.717, 1.165) is 89.5 Å². The number of fused-ring (bicyclic) bond motifs is 2. The first-order valence-electron chi connectivity index (χ1n) is 20.4. The van der Waals surface area contributed by atoms with Gasteiger partial charge in [0, 0.05) is 60.5 Å². The van der Waals surface area contributed by atoms with E-state index < -0.39 is 0 Å². The van der Waals surface area contributed by atoms with Crippen LogP contribution in [0.25, 0.3) is 21.0 Å². The number of thiophene rings is 1. The molecule has 0 saturated carbocycles. The lowest BCUT2D eigenvalue weighted by molar-refractivity contribution is -0.147. The third kappa shape index (κ3) is 14.3. The summed E-state index contributed by atoms with van der Waals surface area (Å²) in [6, 6.07) is 17.9. The van der Waals surface area contributed by atoms with Gasteiger partial charge in [-0.3, -0.25) is 19.1 Å². The van der Waals surface area contributed by atoms with E-state index in [9.17, 15) is 9.59 Å². The molecule has 56 heavy (non-hydrogen) atoms. The van der Waals surface area contributed by atoms with E-state index in [1.54, 1.807) is 17.4 Å². The lowest BCUT2D eigenvalue weighted by atomic mass is 10.2. The van der Waals surface area contributed by atoms with Crippen molar-refractivity contribution in [1.82, 2.24) is 9.47 Å². The molecule has 2 aromatic heterocycles. The highest BCUT2D eigenvalue weighted by atomic mass is 32.1. The summed E-state index contributed by atoms with van der Waals surface area (Å²) in [5.41, 5.74) is 1.83. The van der Waals surface area contributed by atoms with Crippen LogP contribution in [-0.4, -0.2) is 54.8 Å². The monoisotopic (exact) mass is 773 g/mol. The van der Waals surface area contributed by atoms with Gasteiger partial charge in [-0.05, 0) is 111 Å². The van der Waals surface area contributed by atoms with Crippen molar-refractivity contribution in [3.8, 4) is 5.75 Å². The molecule has 1 aliphatic rings. The Morgan fingerprint density at radius 1 is 0.750 bits per heavy atom. The number of pyridine rings is 1. The molecule has 0 amide bonds. The minimum atomic E-state index is -0.331. The van der Waals surface area contributed by atoms with E-state index >= 15 is 0 Å². The van der Waals surface area contributed by atoms with E-state index in [1.807, 2.05) is 24.3 Å². The number of carbonyl (C=O) groups is 1. The summed E-state index contributed by atoms with van der Waals surface area (Å²) < 4.78 is 14.5. The number of aromatic nitrogens is 1. The van der Waals surface area contributed by atoms with Gasteiger partial charge in [0.05, 0.1) is 12.1 Å². The molecule has 0 atom stereocenters. The molecule has 0 bridgehead atoms. The number of esters is 1. The Labute approximate surface area is 337 Å². The van der Waals surface area contributed by atoms with Crippen molar-refractivity contribution >= 4 is 44.0 Å². The van der Waals surface area contributed by atoms with Crippen molar-refractivity contribution in [2.24, 2.45) is 0 Å². The van der Waals surface area contributed by atoms with Gasteiger partial charge in [0.2, 0.25) is 0 Å². The fourth-order valence-corrected chi connectivity index (χ4v) is 7.44. The maximum absolute atomic E-state index is 12.8. The third-order valence-corrected chi connectivity index (χ3v) is 10.6. The lowest BCUT2D eigenvalue weighted by Crippen LogP contribution is -2.46. The Balaban J connectivity index is 0.936. The van der Waals surface area contributed by atoms with Crippen LogP contribution in [0, 0.1) is 0 Å². The van der Waals surface area contributed by atoms with Gasteiger partial charge in [-0.1, -0.05) is 85.9 Å². The molecule has 5 rings (SSSR count). The first-order valence-corrected chi connectivity index (χ1v) is 21.3. The molecule has 0 aliphatic carbocycles. The Hall–Kier alpha value is -4.92. The minimum Gasteiger partial charge on any atom is -0.494 e. The highest BCUT2D eigenvalue weighted by Gasteiger charge is 2.18. The number of unbranched alkanes of at least 4 members (excludes halogenated alkanes) is 1. The second-order valence-corrected chi connectivity index (χ2v) is 14.9. The minimum absolute atomic E-state index is 0.127. The topological polar surface area (TPSA) is 64.0 Å². The van der Waals surface area contributed by atoms with Crippen molar-refractivity contribution in [3.05, 3.63) is 143 Å². The maximum Gasteiger partial charge on any atom is 0.307 e. The van der Waals surface area contributed by atoms with Gasteiger partial charge in [-0.15, -0.1) is 11.3 Å². The highest BCUT2D eigenvalue weighted by molar-refractivity contribution is 7.17. The lowest BCUT2D eigenvalue weighted by Gasteiger charge is -2.36. The molecule has 3 heterocycles. The van der Waals surface area contributed by atoms with E-state index in [0.29, 0.717) is 24.3 Å². The summed E-state index contributed by atoms with van der Waals surface area (Å²) in [4.78, 5) is 30.4. The van der Waals surface area contributed by atoms with Crippen LogP contribution in [-0.2, 0) is 16.3 Å². The van der Waals surface area contributed by atoms with Crippen LogP contribution < -0.4 is 15.2 Å².